The third kappa shape index (κ3) is 1.99. The second kappa shape index (κ2) is 4.59. The molecule has 1 aliphatic heterocycles. The van der Waals surface area contributed by atoms with E-state index < -0.39 is 28.4 Å². The first kappa shape index (κ1) is 12.3. The highest BCUT2D eigenvalue weighted by Crippen LogP contribution is 2.35. The van der Waals surface area contributed by atoms with Crippen LogP contribution in [0.1, 0.15) is 12.8 Å². The number of rotatable bonds is 3. The summed E-state index contributed by atoms with van der Waals surface area (Å²) in [5.74, 6) is -2.00. The maximum atomic E-state index is 13.5. The molecule has 0 aliphatic carbocycles. The molecule has 2 rings (SSSR count). The molecule has 1 saturated heterocycles. The summed E-state index contributed by atoms with van der Waals surface area (Å²) in [6.07, 6.45) is 1.02. The summed E-state index contributed by atoms with van der Waals surface area (Å²) in [7, 11) is 0. The maximum absolute atomic E-state index is 13.5. The summed E-state index contributed by atoms with van der Waals surface area (Å²) in [6, 6.07) is 2.88. The zero-order chi connectivity index (χ0) is 13.3. The van der Waals surface area contributed by atoms with E-state index in [4.69, 9.17) is 5.11 Å². The Morgan fingerprint density at radius 3 is 2.89 bits per heavy atom. The van der Waals surface area contributed by atoms with Crippen molar-refractivity contribution in [2.45, 2.75) is 18.9 Å². The van der Waals surface area contributed by atoms with Gasteiger partial charge in [-0.3, -0.25) is 10.1 Å². The lowest BCUT2D eigenvalue weighted by molar-refractivity contribution is -0.386. The van der Waals surface area contributed by atoms with Gasteiger partial charge in [0.2, 0.25) is 5.82 Å². The van der Waals surface area contributed by atoms with Gasteiger partial charge in [-0.15, -0.1) is 0 Å². The fraction of sp³-hybridized carbons (Fsp3) is 0.364. The Labute approximate surface area is 102 Å². The Morgan fingerprint density at radius 2 is 2.28 bits per heavy atom. The predicted octanol–water partition coefficient (Wildman–Crippen LogP) is 1.79. The number of benzene rings is 1. The van der Waals surface area contributed by atoms with Gasteiger partial charge in [-0.25, -0.2) is 4.79 Å². The van der Waals surface area contributed by atoms with Gasteiger partial charge < -0.3 is 10.0 Å². The van der Waals surface area contributed by atoms with E-state index in [1.807, 2.05) is 0 Å². The Morgan fingerprint density at radius 1 is 1.56 bits per heavy atom. The number of nitro benzene ring substituents is 1. The molecule has 1 fully saturated rings. The van der Waals surface area contributed by atoms with Crippen molar-refractivity contribution in [1.29, 1.82) is 0 Å². The minimum atomic E-state index is -1.05. The molecule has 6 nitrogen and oxygen atoms in total. The van der Waals surface area contributed by atoms with Gasteiger partial charge in [0.25, 0.3) is 0 Å². The quantitative estimate of drug-likeness (QED) is 0.656. The fourth-order valence-corrected chi connectivity index (χ4v) is 2.23. The molecule has 1 aromatic carbocycles. The van der Waals surface area contributed by atoms with Gasteiger partial charge in [0.05, 0.1) is 4.92 Å². The van der Waals surface area contributed by atoms with Crippen LogP contribution in [-0.4, -0.2) is 28.6 Å². The van der Waals surface area contributed by atoms with E-state index in [1.54, 1.807) is 0 Å². The van der Waals surface area contributed by atoms with E-state index in [0.29, 0.717) is 19.4 Å². The highest BCUT2D eigenvalue weighted by Gasteiger charge is 2.35. The van der Waals surface area contributed by atoms with Crippen LogP contribution >= 0.6 is 0 Å². The van der Waals surface area contributed by atoms with Crippen LogP contribution in [0.3, 0.4) is 0 Å². The lowest BCUT2D eigenvalue weighted by atomic mass is 10.2. The number of carbonyl (C=O) groups is 1. The number of hydrogen-bond donors (Lipinski definition) is 1. The normalized spacial score (nSPS) is 18.9. The molecule has 0 saturated carbocycles. The van der Waals surface area contributed by atoms with Crippen LogP contribution in [0.4, 0.5) is 15.8 Å². The molecule has 7 heteroatoms. The average molecular weight is 254 g/mol. The third-order valence-electron chi connectivity index (χ3n) is 3.00. The van der Waals surface area contributed by atoms with Crippen LogP contribution in [0.5, 0.6) is 0 Å². The number of halogens is 1. The number of aliphatic carboxylic acids is 1. The molecular weight excluding hydrogens is 243 g/mol. The molecule has 1 N–H and O–H groups in total. The number of carboxylic acids is 1. The highest BCUT2D eigenvalue weighted by molar-refractivity contribution is 5.81. The highest BCUT2D eigenvalue weighted by atomic mass is 19.1. The molecule has 1 atom stereocenters. The minimum Gasteiger partial charge on any atom is -0.480 e. The summed E-state index contributed by atoms with van der Waals surface area (Å²) >= 11 is 0. The van der Waals surface area contributed by atoms with Gasteiger partial charge in [-0.05, 0) is 25.0 Å². The van der Waals surface area contributed by atoms with Crippen molar-refractivity contribution in [1.82, 2.24) is 0 Å². The molecule has 1 heterocycles. The van der Waals surface area contributed by atoms with E-state index >= 15 is 0 Å². The van der Waals surface area contributed by atoms with Crippen LogP contribution in [0, 0.1) is 15.9 Å². The van der Waals surface area contributed by atoms with E-state index in [9.17, 15) is 19.3 Å². The van der Waals surface area contributed by atoms with Crippen molar-refractivity contribution in [2.24, 2.45) is 0 Å². The zero-order valence-corrected chi connectivity index (χ0v) is 9.38. The smallest absolute Gasteiger partial charge is 0.327 e. The van der Waals surface area contributed by atoms with Crippen LogP contribution < -0.4 is 4.90 Å². The van der Waals surface area contributed by atoms with Crippen molar-refractivity contribution in [3.63, 3.8) is 0 Å². The number of nitrogens with zero attached hydrogens (tertiary/aromatic N) is 2. The zero-order valence-electron chi connectivity index (χ0n) is 9.38. The molecule has 0 spiro atoms. The van der Waals surface area contributed by atoms with Gasteiger partial charge in [0.1, 0.15) is 11.7 Å². The van der Waals surface area contributed by atoms with Gasteiger partial charge in [0.15, 0.2) is 0 Å². The number of nitro groups is 1. The predicted molar refractivity (Wildman–Crippen MR) is 61.1 cm³/mol. The average Bonchev–Trinajstić information content (AvgIpc) is 2.76. The van der Waals surface area contributed by atoms with Gasteiger partial charge >= 0.3 is 11.7 Å². The van der Waals surface area contributed by atoms with E-state index in [0.717, 1.165) is 6.07 Å². The lowest BCUT2D eigenvalue weighted by Gasteiger charge is -2.23. The monoisotopic (exact) mass is 254 g/mol. The third-order valence-corrected chi connectivity index (χ3v) is 3.00. The van der Waals surface area contributed by atoms with Crippen LogP contribution in [0.2, 0.25) is 0 Å². The molecule has 0 radical (unpaired) electrons. The lowest BCUT2D eigenvalue weighted by Crippen LogP contribution is -2.36. The molecule has 0 amide bonds. The van der Waals surface area contributed by atoms with Crippen LogP contribution in [0.25, 0.3) is 0 Å². The van der Waals surface area contributed by atoms with Crippen molar-refractivity contribution >= 4 is 17.3 Å². The summed E-state index contributed by atoms with van der Waals surface area (Å²) in [6.45, 7) is 0.376. The number of anilines is 1. The summed E-state index contributed by atoms with van der Waals surface area (Å²) in [4.78, 5) is 22.5. The first-order chi connectivity index (χ1) is 8.52. The molecule has 0 bridgehead atoms. The summed E-state index contributed by atoms with van der Waals surface area (Å²) < 4.78 is 13.5. The first-order valence-corrected chi connectivity index (χ1v) is 5.44. The molecule has 0 unspecified atom stereocenters. The Bertz CT molecular complexity index is 506. The number of para-hydroxylation sites is 1. The first-order valence-electron chi connectivity index (χ1n) is 5.44. The van der Waals surface area contributed by atoms with Gasteiger partial charge in [-0.2, -0.15) is 4.39 Å². The summed E-state index contributed by atoms with van der Waals surface area (Å²) in [5, 5.41) is 19.9. The van der Waals surface area contributed by atoms with E-state index in [2.05, 4.69) is 0 Å². The van der Waals surface area contributed by atoms with Gasteiger partial charge in [0, 0.05) is 6.54 Å². The van der Waals surface area contributed by atoms with Crippen molar-refractivity contribution in [2.75, 3.05) is 11.4 Å². The van der Waals surface area contributed by atoms with E-state index in [1.165, 1.54) is 17.0 Å². The standard InChI is InChI=1S/C11H11FN2O4/c12-7-3-1-4-8(10(7)14(17)18)13-6-2-5-9(13)11(15)16/h1,3-4,9H,2,5-6H2,(H,15,16)/t9-/m0/s1. The molecule has 96 valence electrons. The second-order valence-electron chi connectivity index (χ2n) is 4.05. The Hall–Kier alpha value is -2.18. The van der Waals surface area contributed by atoms with Crippen molar-refractivity contribution in [3.8, 4) is 0 Å². The largest absolute Gasteiger partial charge is 0.480 e. The molecule has 18 heavy (non-hydrogen) atoms. The van der Waals surface area contributed by atoms with Gasteiger partial charge in [-0.1, -0.05) is 6.07 Å². The Kier molecular flexibility index (Phi) is 3.14. The number of hydrogen-bond acceptors (Lipinski definition) is 4. The van der Waals surface area contributed by atoms with Crippen molar-refractivity contribution in [3.05, 3.63) is 34.1 Å². The molecular formula is C11H11FN2O4. The fourth-order valence-electron chi connectivity index (χ4n) is 2.23. The minimum absolute atomic E-state index is 0.0323. The number of carboxylic acid groups (broad SMARTS) is 1. The maximum Gasteiger partial charge on any atom is 0.327 e. The molecule has 1 aliphatic rings. The SMILES string of the molecule is O=C(O)[C@@H]1CCCN1c1cccc(F)c1[N+](=O)[O-]. The molecule has 1 aromatic rings. The van der Waals surface area contributed by atoms with Crippen LogP contribution in [0.15, 0.2) is 18.2 Å². The Balaban J connectivity index is 2.48. The second-order valence-corrected chi connectivity index (χ2v) is 4.05. The van der Waals surface area contributed by atoms with Crippen LogP contribution in [-0.2, 0) is 4.79 Å². The van der Waals surface area contributed by atoms with Crippen molar-refractivity contribution < 1.29 is 19.2 Å². The molecule has 0 aromatic heterocycles. The summed E-state index contributed by atoms with van der Waals surface area (Å²) in [5.41, 5.74) is -0.629. The topological polar surface area (TPSA) is 83.7 Å². The van der Waals surface area contributed by atoms with E-state index in [-0.39, 0.29) is 5.69 Å².